The summed E-state index contributed by atoms with van der Waals surface area (Å²) >= 11 is 0. The molecule has 0 radical (unpaired) electrons. The highest BCUT2D eigenvalue weighted by Gasteiger charge is 2.19. The van der Waals surface area contributed by atoms with E-state index < -0.39 is 6.10 Å². The minimum atomic E-state index is -0.762. The Labute approximate surface area is 406 Å². The Morgan fingerprint density at radius 1 is 0.308 bits per heavy atom. The fourth-order valence-corrected chi connectivity index (χ4v) is 9.07. The molecule has 0 saturated carbocycles. The highest BCUT2D eigenvalue weighted by molar-refractivity contribution is 5.71. The van der Waals surface area contributed by atoms with Gasteiger partial charge < -0.3 is 14.2 Å². The number of rotatable bonds is 54. The van der Waals surface area contributed by atoms with Gasteiger partial charge in [-0.25, -0.2) is 0 Å². The van der Waals surface area contributed by atoms with Crippen molar-refractivity contribution in [2.24, 2.45) is 5.92 Å². The van der Waals surface area contributed by atoms with E-state index in [0.29, 0.717) is 19.3 Å². The molecule has 0 spiro atoms. The monoisotopic (exact) mass is 919 g/mol. The number of hydrogen-bond donors (Lipinski definition) is 0. The maximum absolute atomic E-state index is 12.8. The Morgan fingerprint density at radius 2 is 0.538 bits per heavy atom. The van der Waals surface area contributed by atoms with Gasteiger partial charge in [0.1, 0.15) is 13.2 Å². The summed E-state index contributed by atoms with van der Waals surface area (Å²) < 4.78 is 16.9. The van der Waals surface area contributed by atoms with Gasteiger partial charge in [-0.3, -0.25) is 14.4 Å². The fraction of sp³-hybridized carbons (Fsp3) is 0.949. The summed E-state index contributed by atoms with van der Waals surface area (Å²) in [5.74, 6) is -0.0253. The average molecular weight is 920 g/mol. The maximum atomic E-state index is 12.8. The average Bonchev–Trinajstić information content (AvgIpc) is 3.30. The van der Waals surface area contributed by atoms with Crippen LogP contribution in [0.1, 0.15) is 336 Å². The van der Waals surface area contributed by atoms with Gasteiger partial charge in [0.15, 0.2) is 6.10 Å². The first-order chi connectivity index (χ1) is 31.9. The van der Waals surface area contributed by atoms with Gasteiger partial charge >= 0.3 is 17.9 Å². The number of ether oxygens (including phenoxy) is 3. The van der Waals surface area contributed by atoms with Crippen LogP contribution in [-0.2, 0) is 28.6 Å². The van der Waals surface area contributed by atoms with Crippen LogP contribution in [0.3, 0.4) is 0 Å². The third-order valence-corrected chi connectivity index (χ3v) is 13.9. The van der Waals surface area contributed by atoms with E-state index in [1.165, 1.54) is 231 Å². The van der Waals surface area contributed by atoms with Gasteiger partial charge in [-0.05, 0) is 25.2 Å². The molecule has 0 saturated heterocycles. The van der Waals surface area contributed by atoms with E-state index in [9.17, 15) is 14.4 Å². The largest absolute Gasteiger partial charge is 0.462 e. The minimum absolute atomic E-state index is 0.0628. The van der Waals surface area contributed by atoms with Crippen molar-refractivity contribution in [2.45, 2.75) is 342 Å². The van der Waals surface area contributed by atoms with Crippen molar-refractivity contribution >= 4 is 17.9 Å². The Balaban J connectivity index is 4.23. The molecule has 0 rings (SSSR count). The van der Waals surface area contributed by atoms with E-state index in [0.717, 1.165) is 63.7 Å². The number of carbonyl (C=O) groups is 3. The molecule has 0 aliphatic rings. The molecule has 2 atom stereocenters. The van der Waals surface area contributed by atoms with Gasteiger partial charge in [-0.1, -0.05) is 297 Å². The van der Waals surface area contributed by atoms with Crippen molar-refractivity contribution in [3.63, 3.8) is 0 Å². The Bertz CT molecular complexity index is 982. The summed E-state index contributed by atoms with van der Waals surface area (Å²) in [6, 6.07) is 0. The third-order valence-electron chi connectivity index (χ3n) is 13.9. The van der Waals surface area contributed by atoms with E-state index in [1.54, 1.807) is 0 Å². The van der Waals surface area contributed by atoms with Crippen LogP contribution in [-0.4, -0.2) is 37.2 Å². The Morgan fingerprint density at radius 3 is 0.800 bits per heavy atom. The molecule has 0 amide bonds. The first-order valence-electron chi connectivity index (χ1n) is 29.4. The topological polar surface area (TPSA) is 78.9 Å². The molecular weight excluding hydrogens is 805 g/mol. The van der Waals surface area contributed by atoms with Gasteiger partial charge in [0.05, 0.1) is 0 Å². The zero-order chi connectivity index (χ0) is 47.4. The highest BCUT2D eigenvalue weighted by Crippen LogP contribution is 2.18. The van der Waals surface area contributed by atoms with E-state index in [1.807, 2.05) is 0 Å². The van der Waals surface area contributed by atoms with Gasteiger partial charge in [-0.2, -0.15) is 0 Å². The molecule has 0 aromatic carbocycles. The molecule has 0 fully saturated rings. The van der Waals surface area contributed by atoms with Crippen molar-refractivity contribution in [3.05, 3.63) is 0 Å². The van der Waals surface area contributed by atoms with Gasteiger partial charge in [0.25, 0.3) is 0 Å². The summed E-state index contributed by atoms with van der Waals surface area (Å²) in [5.41, 5.74) is 0. The second-order valence-corrected chi connectivity index (χ2v) is 20.5. The zero-order valence-electron chi connectivity index (χ0n) is 44.5. The molecule has 6 nitrogen and oxygen atoms in total. The van der Waals surface area contributed by atoms with Crippen LogP contribution in [0.15, 0.2) is 0 Å². The first kappa shape index (κ1) is 63.4. The lowest BCUT2D eigenvalue weighted by Gasteiger charge is -2.18. The molecule has 0 aromatic heterocycles. The van der Waals surface area contributed by atoms with E-state index in [-0.39, 0.29) is 31.1 Å². The van der Waals surface area contributed by atoms with Gasteiger partial charge in [0.2, 0.25) is 0 Å². The lowest BCUT2D eigenvalue weighted by atomic mass is 10.00. The molecule has 0 aliphatic heterocycles. The number of hydrogen-bond acceptors (Lipinski definition) is 6. The molecule has 0 aromatic rings. The molecule has 386 valence electrons. The normalized spacial score (nSPS) is 12.4. The lowest BCUT2D eigenvalue weighted by Crippen LogP contribution is -2.30. The summed E-state index contributed by atoms with van der Waals surface area (Å²) in [4.78, 5) is 38.1. The number of unbranched alkanes of at least 4 members (excludes halogenated alkanes) is 40. The third kappa shape index (κ3) is 51.6. The molecule has 0 bridgehead atoms. The molecule has 0 N–H and O–H groups in total. The number of carbonyl (C=O) groups excluding carboxylic acids is 3. The molecule has 0 heterocycles. The number of esters is 3. The molecule has 6 heteroatoms. The van der Waals surface area contributed by atoms with Crippen molar-refractivity contribution < 1.29 is 28.6 Å². The molecule has 1 unspecified atom stereocenters. The maximum Gasteiger partial charge on any atom is 0.306 e. The predicted molar refractivity (Wildman–Crippen MR) is 280 cm³/mol. The highest BCUT2D eigenvalue weighted by atomic mass is 16.6. The molecule has 65 heavy (non-hydrogen) atoms. The van der Waals surface area contributed by atoms with E-state index >= 15 is 0 Å². The molecular formula is C59H114O6. The predicted octanol–water partition coefficient (Wildman–Crippen LogP) is 19.4. The minimum Gasteiger partial charge on any atom is -0.462 e. The van der Waals surface area contributed by atoms with Crippen LogP contribution in [0, 0.1) is 5.92 Å². The van der Waals surface area contributed by atoms with Crippen LogP contribution in [0.4, 0.5) is 0 Å². The lowest BCUT2D eigenvalue weighted by molar-refractivity contribution is -0.167. The zero-order valence-corrected chi connectivity index (χ0v) is 44.5. The SMILES string of the molecule is CCCCCCCCCCCCCCCCCCCCCC(=O)O[C@@H](COC(=O)CCCCCCCCCCCCCCCCCCCC)COC(=O)CCCCCCCCC(C)CC. The van der Waals surface area contributed by atoms with E-state index in [4.69, 9.17) is 14.2 Å². The van der Waals surface area contributed by atoms with Crippen molar-refractivity contribution in [1.82, 2.24) is 0 Å². The smallest absolute Gasteiger partial charge is 0.306 e. The summed E-state index contributed by atoms with van der Waals surface area (Å²) in [5, 5.41) is 0. The second-order valence-electron chi connectivity index (χ2n) is 20.5. The summed E-state index contributed by atoms with van der Waals surface area (Å²) in [7, 11) is 0. The summed E-state index contributed by atoms with van der Waals surface area (Å²) in [6.07, 6.45) is 58.2. The van der Waals surface area contributed by atoms with Crippen molar-refractivity contribution in [2.75, 3.05) is 13.2 Å². The standard InChI is InChI=1S/C59H114O6/c1-5-8-10-12-14-16-18-20-22-24-26-28-30-32-34-36-38-44-48-52-59(62)65-56(54-64-58(61)51-47-43-40-39-41-45-49-55(4)7-3)53-63-57(60)50-46-42-37-35-33-31-29-27-25-23-21-19-17-15-13-11-9-6-2/h55-56H,5-54H2,1-4H3/t55?,56-/m0/s1. The fourth-order valence-electron chi connectivity index (χ4n) is 9.07. The van der Waals surface area contributed by atoms with Gasteiger partial charge in [-0.15, -0.1) is 0 Å². The van der Waals surface area contributed by atoms with Crippen molar-refractivity contribution in [3.8, 4) is 0 Å². The van der Waals surface area contributed by atoms with Crippen LogP contribution < -0.4 is 0 Å². The van der Waals surface area contributed by atoms with Crippen LogP contribution >= 0.6 is 0 Å². The summed E-state index contributed by atoms with van der Waals surface area (Å²) in [6.45, 7) is 9.03. The van der Waals surface area contributed by atoms with E-state index in [2.05, 4.69) is 27.7 Å². The van der Waals surface area contributed by atoms with Crippen LogP contribution in [0.2, 0.25) is 0 Å². The quantitative estimate of drug-likeness (QED) is 0.0344. The first-order valence-corrected chi connectivity index (χ1v) is 29.4. The van der Waals surface area contributed by atoms with Crippen molar-refractivity contribution in [1.29, 1.82) is 0 Å². The van der Waals surface area contributed by atoms with Crippen LogP contribution in [0.5, 0.6) is 0 Å². The Kier molecular flexibility index (Phi) is 52.1. The van der Waals surface area contributed by atoms with Gasteiger partial charge in [0, 0.05) is 19.3 Å². The van der Waals surface area contributed by atoms with Crippen LogP contribution in [0.25, 0.3) is 0 Å². The molecule has 0 aliphatic carbocycles. The second kappa shape index (κ2) is 53.4. The Hall–Kier alpha value is -1.59.